The summed E-state index contributed by atoms with van der Waals surface area (Å²) in [7, 11) is 4.61. The van der Waals surface area contributed by atoms with Gasteiger partial charge in [0.2, 0.25) is 0 Å². The molecular weight excluding hydrogens is 368 g/mol. The molecule has 4 aromatic rings. The zero-order chi connectivity index (χ0) is 20.7. The zero-order valence-electron chi connectivity index (χ0n) is 16.0. The third-order valence-electron chi connectivity index (χ3n) is 4.41. The second kappa shape index (κ2) is 6.79. The lowest BCUT2D eigenvalue weighted by molar-refractivity contribution is 0.531. The lowest BCUT2D eigenvalue weighted by Gasteiger charge is -2.10. The molecule has 0 unspecified atom stereocenters. The van der Waals surface area contributed by atoms with E-state index in [1.165, 1.54) is 33.4 Å². The minimum atomic E-state index is -0.371. The molecule has 0 radical (unpaired) electrons. The highest BCUT2D eigenvalue weighted by Gasteiger charge is 2.14. The van der Waals surface area contributed by atoms with Gasteiger partial charge in [-0.25, -0.2) is 19.6 Å². The SMILES string of the molecule is CC(C)n1c(=O)c2[nH]cnc2n(C)c1=O.Cn1c(=O)c2[nH]cnc2n(C)c1=O. The van der Waals surface area contributed by atoms with E-state index in [-0.39, 0.29) is 28.5 Å². The highest BCUT2D eigenvalue weighted by Crippen LogP contribution is 2.02. The van der Waals surface area contributed by atoms with E-state index in [4.69, 9.17) is 0 Å². The minimum absolute atomic E-state index is 0.163. The Kier molecular flexibility index (Phi) is 4.63. The number of nitrogens with zero attached hydrogens (tertiary/aromatic N) is 6. The van der Waals surface area contributed by atoms with Crippen molar-refractivity contribution in [3.05, 3.63) is 54.3 Å². The summed E-state index contributed by atoms with van der Waals surface area (Å²) in [6.45, 7) is 3.59. The van der Waals surface area contributed by atoms with Gasteiger partial charge in [0.05, 0.1) is 12.7 Å². The largest absolute Gasteiger partial charge is 0.339 e. The summed E-state index contributed by atoms with van der Waals surface area (Å²) < 4.78 is 4.95. The van der Waals surface area contributed by atoms with Gasteiger partial charge in [0, 0.05) is 27.2 Å². The fraction of sp³-hybridized carbons (Fsp3) is 0.375. The molecule has 0 atom stereocenters. The Morgan fingerprint density at radius 3 is 1.71 bits per heavy atom. The van der Waals surface area contributed by atoms with Gasteiger partial charge in [0.25, 0.3) is 11.1 Å². The van der Waals surface area contributed by atoms with Gasteiger partial charge < -0.3 is 9.97 Å². The third-order valence-corrected chi connectivity index (χ3v) is 4.41. The maximum Gasteiger partial charge on any atom is 0.332 e. The normalized spacial score (nSPS) is 11.2. The molecule has 0 saturated heterocycles. The molecule has 4 rings (SSSR count). The van der Waals surface area contributed by atoms with Crippen LogP contribution in [0.1, 0.15) is 19.9 Å². The summed E-state index contributed by atoms with van der Waals surface area (Å²) in [6.07, 6.45) is 2.81. The number of H-pyrrole nitrogens is 2. The van der Waals surface area contributed by atoms with Crippen LogP contribution in [0, 0.1) is 0 Å². The van der Waals surface area contributed by atoms with Gasteiger partial charge >= 0.3 is 11.4 Å². The molecule has 12 heteroatoms. The molecular formula is C16H20N8O4. The molecule has 148 valence electrons. The topological polar surface area (TPSA) is 145 Å². The zero-order valence-corrected chi connectivity index (χ0v) is 16.0. The highest BCUT2D eigenvalue weighted by atomic mass is 16.2. The van der Waals surface area contributed by atoms with Crippen LogP contribution < -0.4 is 22.5 Å². The standard InChI is InChI=1S/C9H12N4O2.C7H8N4O2/c1-5(2)13-8(14)6-7(11-4-10-6)12(3)9(13)15;1-10-5-4(8-3-9-5)6(12)11(2)7(10)13/h4-5H,1-3H3,(H,10,11);3H,1-2H3,(H,8,9). The molecule has 0 spiro atoms. The Balaban J connectivity index is 0.000000162. The number of aromatic amines is 2. The molecule has 4 heterocycles. The van der Waals surface area contributed by atoms with Crippen molar-refractivity contribution in [2.75, 3.05) is 0 Å². The summed E-state index contributed by atoms with van der Waals surface area (Å²) in [4.78, 5) is 59.8. The van der Waals surface area contributed by atoms with E-state index in [0.29, 0.717) is 22.3 Å². The first-order valence-corrected chi connectivity index (χ1v) is 8.40. The van der Waals surface area contributed by atoms with Gasteiger partial charge in [-0.05, 0) is 13.8 Å². The monoisotopic (exact) mass is 388 g/mol. The number of nitrogens with one attached hydrogen (secondary N) is 2. The second-order valence-corrected chi connectivity index (χ2v) is 6.52. The van der Waals surface area contributed by atoms with Crippen LogP contribution in [-0.2, 0) is 21.1 Å². The Morgan fingerprint density at radius 1 is 0.750 bits per heavy atom. The molecule has 0 bridgehead atoms. The van der Waals surface area contributed by atoms with E-state index in [0.717, 1.165) is 4.57 Å². The highest BCUT2D eigenvalue weighted by molar-refractivity contribution is 5.69. The van der Waals surface area contributed by atoms with Gasteiger partial charge in [0.1, 0.15) is 11.0 Å². The van der Waals surface area contributed by atoms with Crippen molar-refractivity contribution in [2.45, 2.75) is 19.9 Å². The molecule has 4 aromatic heterocycles. The molecule has 0 aliphatic carbocycles. The number of hydrogen-bond donors (Lipinski definition) is 2. The molecule has 12 nitrogen and oxygen atoms in total. The summed E-state index contributed by atoms with van der Waals surface area (Å²) in [5.74, 6) is 0. The first kappa shape index (κ1) is 19.1. The molecule has 0 amide bonds. The Labute approximate surface area is 156 Å². The van der Waals surface area contributed by atoms with Crippen LogP contribution in [0.15, 0.2) is 31.8 Å². The van der Waals surface area contributed by atoms with Gasteiger partial charge in [-0.2, -0.15) is 0 Å². The average Bonchev–Trinajstić information content (AvgIpc) is 3.33. The molecule has 0 aromatic carbocycles. The average molecular weight is 388 g/mol. The van der Waals surface area contributed by atoms with Crippen molar-refractivity contribution in [1.29, 1.82) is 0 Å². The van der Waals surface area contributed by atoms with Crippen molar-refractivity contribution < 1.29 is 0 Å². The van der Waals surface area contributed by atoms with Crippen LogP contribution in [0.25, 0.3) is 22.3 Å². The molecule has 28 heavy (non-hydrogen) atoms. The van der Waals surface area contributed by atoms with Crippen LogP contribution in [0.4, 0.5) is 0 Å². The lowest BCUT2D eigenvalue weighted by Crippen LogP contribution is -2.40. The van der Waals surface area contributed by atoms with E-state index >= 15 is 0 Å². The van der Waals surface area contributed by atoms with Gasteiger partial charge in [-0.3, -0.25) is 27.9 Å². The number of aromatic nitrogens is 8. The van der Waals surface area contributed by atoms with Crippen molar-refractivity contribution in [3.63, 3.8) is 0 Å². The van der Waals surface area contributed by atoms with Crippen molar-refractivity contribution in [1.82, 2.24) is 38.2 Å². The first-order valence-electron chi connectivity index (χ1n) is 8.40. The summed E-state index contributed by atoms with van der Waals surface area (Å²) >= 11 is 0. The van der Waals surface area contributed by atoms with Crippen LogP contribution >= 0.6 is 0 Å². The van der Waals surface area contributed by atoms with E-state index < -0.39 is 0 Å². The molecule has 2 N–H and O–H groups in total. The van der Waals surface area contributed by atoms with Crippen LogP contribution in [0.5, 0.6) is 0 Å². The van der Waals surface area contributed by atoms with Gasteiger partial charge in [0.15, 0.2) is 11.3 Å². The smallest absolute Gasteiger partial charge is 0.332 e. The third kappa shape index (κ3) is 2.78. The van der Waals surface area contributed by atoms with Crippen LogP contribution in [0.2, 0.25) is 0 Å². The molecule has 0 aliphatic heterocycles. The van der Waals surface area contributed by atoms with E-state index in [1.54, 1.807) is 27.9 Å². The number of hydrogen-bond acceptors (Lipinski definition) is 6. The quantitative estimate of drug-likeness (QED) is 0.426. The number of rotatable bonds is 1. The number of imidazole rings is 2. The van der Waals surface area contributed by atoms with E-state index in [1.807, 2.05) is 0 Å². The lowest BCUT2D eigenvalue weighted by atomic mass is 10.4. The number of fused-ring (bicyclic) bond motifs is 2. The molecule has 0 saturated carbocycles. The van der Waals surface area contributed by atoms with E-state index in [9.17, 15) is 19.2 Å². The van der Waals surface area contributed by atoms with E-state index in [2.05, 4.69) is 19.9 Å². The maximum absolute atomic E-state index is 11.9. The minimum Gasteiger partial charge on any atom is -0.339 e. The fourth-order valence-electron chi connectivity index (χ4n) is 2.88. The summed E-state index contributed by atoms with van der Waals surface area (Å²) in [6, 6.07) is -0.163. The molecule has 0 fully saturated rings. The predicted molar refractivity (Wildman–Crippen MR) is 103 cm³/mol. The fourth-order valence-corrected chi connectivity index (χ4v) is 2.88. The maximum atomic E-state index is 11.9. The Bertz CT molecular complexity index is 1410. The van der Waals surface area contributed by atoms with Crippen molar-refractivity contribution in [3.8, 4) is 0 Å². The first-order chi connectivity index (χ1) is 13.2. The van der Waals surface area contributed by atoms with Crippen LogP contribution in [0.3, 0.4) is 0 Å². The number of aryl methyl sites for hydroxylation is 2. The summed E-state index contributed by atoms with van der Waals surface area (Å²) in [5, 5.41) is 0. The predicted octanol–water partition coefficient (Wildman–Crippen LogP) is -1.04. The van der Waals surface area contributed by atoms with Crippen LogP contribution in [-0.4, -0.2) is 38.2 Å². The van der Waals surface area contributed by atoms with Crippen molar-refractivity contribution in [2.24, 2.45) is 21.1 Å². The van der Waals surface area contributed by atoms with Gasteiger partial charge in [-0.1, -0.05) is 0 Å². The Hall–Kier alpha value is -3.70. The van der Waals surface area contributed by atoms with Gasteiger partial charge in [-0.15, -0.1) is 0 Å². The second-order valence-electron chi connectivity index (χ2n) is 6.52. The Morgan fingerprint density at radius 2 is 1.21 bits per heavy atom. The van der Waals surface area contributed by atoms with Crippen molar-refractivity contribution >= 4 is 22.3 Å². The summed E-state index contributed by atoms with van der Waals surface area (Å²) in [5.41, 5.74) is 0.112. The molecule has 0 aliphatic rings.